The maximum atomic E-state index is 10.8. The molecule has 0 aliphatic heterocycles. The van der Waals surface area contributed by atoms with Gasteiger partial charge in [-0.3, -0.25) is 0 Å². The van der Waals surface area contributed by atoms with Crippen molar-refractivity contribution in [2.75, 3.05) is 13.7 Å². The van der Waals surface area contributed by atoms with E-state index in [1.54, 1.807) is 7.11 Å². The highest BCUT2D eigenvalue weighted by Gasteiger charge is 2.40. The summed E-state index contributed by atoms with van der Waals surface area (Å²) in [6.45, 7) is 6.42. The fourth-order valence-corrected chi connectivity index (χ4v) is 3.62. The van der Waals surface area contributed by atoms with Crippen LogP contribution in [-0.2, 0) is 15.1 Å². The van der Waals surface area contributed by atoms with E-state index in [-0.39, 0.29) is 5.92 Å². The Kier molecular flexibility index (Phi) is 6.86. The Bertz CT molecular complexity index is 794. The second-order valence-electron chi connectivity index (χ2n) is 7.23. The van der Waals surface area contributed by atoms with Gasteiger partial charge in [-0.2, -0.15) is 0 Å². The second kappa shape index (κ2) is 9.55. The third-order valence-corrected chi connectivity index (χ3v) is 5.12. The summed E-state index contributed by atoms with van der Waals surface area (Å²) < 4.78 is 11.8. The summed E-state index contributed by atoms with van der Waals surface area (Å²) in [5.41, 5.74) is 1.95. The minimum absolute atomic E-state index is 0.146. The Labute approximate surface area is 173 Å². The summed E-state index contributed by atoms with van der Waals surface area (Å²) in [6, 6.07) is 30.1. The monoisotopic (exact) mass is 388 g/mol. The molecule has 3 rings (SSSR count). The van der Waals surface area contributed by atoms with Gasteiger partial charge >= 0.3 is 0 Å². The average molecular weight is 389 g/mol. The quantitative estimate of drug-likeness (QED) is 0.407. The zero-order valence-electron chi connectivity index (χ0n) is 17.0. The third-order valence-electron chi connectivity index (χ3n) is 5.12. The van der Waals surface area contributed by atoms with Gasteiger partial charge in [-0.25, -0.2) is 0 Å². The predicted molar refractivity (Wildman–Crippen MR) is 116 cm³/mol. The molecule has 29 heavy (non-hydrogen) atoms. The van der Waals surface area contributed by atoms with Crippen LogP contribution in [0.5, 0.6) is 0 Å². The van der Waals surface area contributed by atoms with Crippen molar-refractivity contribution >= 4 is 0 Å². The summed E-state index contributed by atoms with van der Waals surface area (Å²) >= 11 is 0. The van der Waals surface area contributed by atoms with Gasteiger partial charge in [0.25, 0.3) is 0 Å². The molecule has 0 heterocycles. The van der Waals surface area contributed by atoms with Crippen molar-refractivity contribution in [3.63, 3.8) is 0 Å². The molecule has 3 aromatic rings. The molecule has 0 spiro atoms. The van der Waals surface area contributed by atoms with E-state index in [9.17, 15) is 5.11 Å². The van der Waals surface area contributed by atoms with Gasteiger partial charge in [-0.1, -0.05) is 104 Å². The lowest BCUT2D eigenvalue weighted by Crippen LogP contribution is -2.36. The van der Waals surface area contributed by atoms with Gasteiger partial charge in [0.1, 0.15) is 11.9 Å². The van der Waals surface area contributed by atoms with Gasteiger partial charge in [0.15, 0.2) is 5.60 Å². The SMILES string of the molecule is C=C(OC(c1ccccc1)(c1ccccc1)c1ccccc1)[C@@H](O)C(C)COC. The van der Waals surface area contributed by atoms with E-state index in [4.69, 9.17) is 9.47 Å². The first kappa shape index (κ1) is 20.8. The summed E-state index contributed by atoms with van der Waals surface area (Å²) in [6.07, 6.45) is -0.856. The van der Waals surface area contributed by atoms with E-state index < -0.39 is 11.7 Å². The van der Waals surface area contributed by atoms with Crippen molar-refractivity contribution in [3.8, 4) is 0 Å². The number of ether oxygens (including phenoxy) is 2. The van der Waals surface area contributed by atoms with E-state index in [0.29, 0.717) is 12.4 Å². The first-order valence-corrected chi connectivity index (χ1v) is 9.81. The molecule has 0 radical (unpaired) electrons. The summed E-state index contributed by atoms with van der Waals surface area (Å²) in [4.78, 5) is 0. The number of rotatable bonds is 9. The van der Waals surface area contributed by atoms with Crippen LogP contribution in [-0.4, -0.2) is 24.9 Å². The maximum Gasteiger partial charge on any atom is 0.184 e. The Hall–Kier alpha value is -2.88. The molecule has 0 aliphatic rings. The van der Waals surface area contributed by atoms with Crippen LogP contribution in [0.2, 0.25) is 0 Å². The first-order valence-electron chi connectivity index (χ1n) is 9.81. The highest BCUT2D eigenvalue weighted by Crippen LogP contribution is 2.42. The lowest BCUT2D eigenvalue weighted by Gasteiger charge is -2.38. The zero-order valence-corrected chi connectivity index (χ0v) is 17.0. The molecular weight excluding hydrogens is 360 g/mol. The van der Waals surface area contributed by atoms with Crippen LogP contribution in [0.3, 0.4) is 0 Å². The molecule has 3 aromatic carbocycles. The van der Waals surface area contributed by atoms with Gasteiger partial charge in [0.05, 0.1) is 6.61 Å². The number of aliphatic hydroxyl groups excluding tert-OH is 1. The first-order chi connectivity index (χ1) is 14.1. The average Bonchev–Trinajstić information content (AvgIpc) is 2.78. The molecule has 0 bridgehead atoms. The van der Waals surface area contributed by atoms with Crippen LogP contribution in [0.4, 0.5) is 0 Å². The van der Waals surface area contributed by atoms with Crippen LogP contribution in [0.15, 0.2) is 103 Å². The lowest BCUT2D eigenvalue weighted by atomic mass is 9.80. The zero-order chi connectivity index (χ0) is 20.7. The minimum Gasteiger partial charge on any atom is -0.475 e. The minimum atomic E-state index is -0.936. The van der Waals surface area contributed by atoms with Crippen molar-refractivity contribution in [1.29, 1.82) is 0 Å². The number of benzene rings is 3. The van der Waals surface area contributed by atoms with E-state index >= 15 is 0 Å². The molecule has 0 aromatic heterocycles. The molecule has 0 saturated heterocycles. The van der Waals surface area contributed by atoms with Crippen LogP contribution in [0, 0.1) is 5.92 Å². The highest BCUT2D eigenvalue weighted by atomic mass is 16.5. The van der Waals surface area contributed by atoms with Crippen LogP contribution < -0.4 is 0 Å². The van der Waals surface area contributed by atoms with Crippen molar-refractivity contribution in [2.45, 2.75) is 18.6 Å². The molecule has 1 unspecified atom stereocenters. The second-order valence-corrected chi connectivity index (χ2v) is 7.23. The number of methoxy groups -OCH3 is 1. The summed E-state index contributed by atoms with van der Waals surface area (Å²) in [7, 11) is 1.62. The summed E-state index contributed by atoms with van der Waals surface area (Å²) in [5, 5.41) is 10.8. The molecule has 0 saturated carbocycles. The van der Waals surface area contributed by atoms with E-state index in [0.717, 1.165) is 16.7 Å². The Morgan fingerprint density at radius 1 is 0.828 bits per heavy atom. The maximum absolute atomic E-state index is 10.8. The largest absolute Gasteiger partial charge is 0.475 e. The molecular formula is C26H28O3. The molecule has 1 N–H and O–H groups in total. The van der Waals surface area contributed by atoms with Crippen LogP contribution >= 0.6 is 0 Å². The third kappa shape index (κ3) is 4.42. The van der Waals surface area contributed by atoms with Crippen LogP contribution in [0.1, 0.15) is 23.6 Å². The topological polar surface area (TPSA) is 38.7 Å². The molecule has 0 aliphatic carbocycles. The normalized spacial score (nSPS) is 13.5. The Morgan fingerprint density at radius 2 is 1.21 bits per heavy atom. The van der Waals surface area contributed by atoms with E-state index in [1.165, 1.54) is 0 Å². The Balaban J connectivity index is 2.16. The number of hydrogen-bond donors (Lipinski definition) is 1. The molecule has 2 atom stereocenters. The number of hydrogen-bond acceptors (Lipinski definition) is 3. The van der Waals surface area contributed by atoms with Crippen molar-refractivity contribution in [2.24, 2.45) is 5.92 Å². The predicted octanol–water partition coefficient (Wildman–Crippen LogP) is 5.15. The van der Waals surface area contributed by atoms with E-state index in [2.05, 4.69) is 6.58 Å². The van der Waals surface area contributed by atoms with Crippen molar-refractivity contribution in [1.82, 2.24) is 0 Å². The number of aliphatic hydroxyl groups is 1. The van der Waals surface area contributed by atoms with Crippen molar-refractivity contribution in [3.05, 3.63) is 120 Å². The van der Waals surface area contributed by atoms with Gasteiger partial charge < -0.3 is 14.6 Å². The molecule has 3 nitrogen and oxygen atoms in total. The molecule has 0 amide bonds. The molecule has 0 fully saturated rings. The van der Waals surface area contributed by atoms with Gasteiger partial charge in [-0.05, 0) is 0 Å². The van der Waals surface area contributed by atoms with Crippen LogP contribution in [0.25, 0.3) is 0 Å². The lowest BCUT2D eigenvalue weighted by molar-refractivity contribution is -0.00802. The van der Waals surface area contributed by atoms with Gasteiger partial charge in [0.2, 0.25) is 0 Å². The smallest absolute Gasteiger partial charge is 0.184 e. The standard InChI is InChI=1S/C26H28O3/c1-20(19-28-3)25(27)21(2)29-26(22-13-7-4-8-14-22,23-15-9-5-10-16-23)24-17-11-6-12-18-24/h4-18,20,25,27H,2,19H2,1,3H3/t20?,25-/m0/s1. The van der Waals surface area contributed by atoms with Gasteiger partial charge in [-0.15, -0.1) is 0 Å². The highest BCUT2D eigenvalue weighted by molar-refractivity contribution is 5.48. The fourth-order valence-electron chi connectivity index (χ4n) is 3.62. The fraction of sp³-hybridized carbons (Fsp3) is 0.231. The molecule has 3 heteroatoms. The van der Waals surface area contributed by atoms with Gasteiger partial charge in [0, 0.05) is 29.7 Å². The molecule has 150 valence electrons. The Morgan fingerprint density at radius 3 is 1.55 bits per heavy atom. The summed E-state index contributed by atoms with van der Waals surface area (Å²) in [5.74, 6) is 0.165. The van der Waals surface area contributed by atoms with Crippen molar-refractivity contribution < 1.29 is 14.6 Å². The van der Waals surface area contributed by atoms with E-state index in [1.807, 2.05) is 97.9 Å².